The van der Waals surface area contributed by atoms with Gasteiger partial charge in [0.05, 0.1) is 0 Å². The number of fused-ring (bicyclic) bond motifs is 4. The van der Waals surface area contributed by atoms with E-state index in [1.165, 1.54) is 27.8 Å². The molecule has 2 aromatic carbocycles. The lowest BCUT2D eigenvalue weighted by atomic mass is 9.83. The first-order valence-corrected chi connectivity index (χ1v) is 11.9. The number of rotatable bonds is 4. The number of hydrogen-bond acceptors (Lipinski definition) is 3. The summed E-state index contributed by atoms with van der Waals surface area (Å²) in [6, 6.07) is 20.2. The Bertz CT molecular complexity index is 1140. The third-order valence-corrected chi connectivity index (χ3v) is 7.57. The van der Waals surface area contributed by atoms with Gasteiger partial charge >= 0.3 is 0 Å². The Kier molecular flexibility index (Phi) is 5.03. The van der Waals surface area contributed by atoms with Gasteiger partial charge in [-0.25, -0.2) is 0 Å². The molecule has 3 aromatic rings. The standard InChI is InChI=1S/C28H29N3O/c32-28-10-8-23-19-30(13-11-27(23)31(28)18-21-4-3-12-29-16-21)17-20-7-9-26-24(14-20)15-22-5-1-2-6-25(22)26/h1-7,9,12,14,16,23,27H,8,10-11,13,15,17-19H2/t23-,27+/m1/s1. The van der Waals surface area contributed by atoms with Crippen molar-refractivity contribution in [1.82, 2.24) is 14.8 Å². The molecule has 162 valence electrons. The second kappa shape index (κ2) is 8.18. The van der Waals surface area contributed by atoms with Gasteiger partial charge in [0.25, 0.3) is 0 Å². The first-order chi connectivity index (χ1) is 15.7. The first kappa shape index (κ1) is 19.7. The van der Waals surface area contributed by atoms with Crippen LogP contribution in [0.2, 0.25) is 0 Å². The monoisotopic (exact) mass is 423 g/mol. The van der Waals surface area contributed by atoms with Crippen molar-refractivity contribution in [2.75, 3.05) is 13.1 Å². The van der Waals surface area contributed by atoms with E-state index >= 15 is 0 Å². The Labute approximate surface area is 189 Å². The van der Waals surface area contributed by atoms with Gasteiger partial charge in [-0.1, -0.05) is 48.5 Å². The molecule has 6 rings (SSSR count). The second-order valence-electron chi connectivity index (χ2n) is 9.60. The van der Waals surface area contributed by atoms with Gasteiger partial charge in [0.2, 0.25) is 5.91 Å². The molecule has 0 spiro atoms. The van der Waals surface area contributed by atoms with Gasteiger partial charge in [-0.3, -0.25) is 14.7 Å². The Morgan fingerprint density at radius 1 is 0.906 bits per heavy atom. The fraction of sp³-hybridized carbons (Fsp3) is 0.357. The molecule has 2 fully saturated rings. The first-order valence-electron chi connectivity index (χ1n) is 11.9. The average molecular weight is 424 g/mol. The maximum atomic E-state index is 12.7. The number of piperidine rings is 2. The van der Waals surface area contributed by atoms with Crippen LogP contribution < -0.4 is 0 Å². The lowest BCUT2D eigenvalue weighted by Gasteiger charge is -2.47. The maximum Gasteiger partial charge on any atom is 0.223 e. The molecule has 32 heavy (non-hydrogen) atoms. The van der Waals surface area contributed by atoms with Crippen molar-refractivity contribution in [3.63, 3.8) is 0 Å². The summed E-state index contributed by atoms with van der Waals surface area (Å²) in [5.74, 6) is 0.874. The summed E-state index contributed by atoms with van der Waals surface area (Å²) in [4.78, 5) is 21.7. The van der Waals surface area contributed by atoms with Crippen LogP contribution >= 0.6 is 0 Å². The van der Waals surface area contributed by atoms with Gasteiger partial charge in [0.1, 0.15) is 0 Å². The van der Waals surface area contributed by atoms with Gasteiger partial charge in [0.15, 0.2) is 0 Å². The molecule has 0 unspecified atom stereocenters. The van der Waals surface area contributed by atoms with Crippen molar-refractivity contribution in [2.24, 2.45) is 5.92 Å². The third-order valence-electron chi connectivity index (χ3n) is 7.57. The van der Waals surface area contributed by atoms with Crippen LogP contribution in [0, 0.1) is 5.92 Å². The number of carbonyl (C=O) groups excluding carboxylic acids is 1. The predicted molar refractivity (Wildman–Crippen MR) is 126 cm³/mol. The van der Waals surface area contributed by atoms with E-state index in [2.05, 4.69) is 63.3 Å². The number of likely N-dealkylation sites (tertiary alicyclic amines) is 2. The van der Waals surface area contributed by atoms with Gasteiger partial charge in [-0.15, -0.1) is 0 Å². The molecule has 3 heterocycles. The Hall–Kier alpha value is -2.98. The van der Waals surface area contributed by atoms with E-state index < -0.39 is 0 Å². The molecule has 4 nitrogen and oxygen atoms in total. The summed E-state index contributed by atoms with van der Waals surface area (Å²) in [5, 5.41) is 0. The molecule has 1 aromatic heterocycles. The van der Waals surface area contributed by atoms with E-state index in [1.54, 1.807) is 6.20 Å². The van der Waals surface area contributed by atoms with Crippen molar-refractivity contribution in [2.45, 2.75) is 44.8 Å². The highest BCUT2D eigenvalue weighted by Crippen LogP contribution is 2.37. The largest absolute Gasteiger partial charge is 0.335 e. The number of amides is 1. The van der Waals surface area contributed by atoms with Crippen LogP contribution in [0.4, 0.5) is 0 Å². The van der Waals surface area contributed by atoms with E-state index in [0.717, 1.165) is 44.5 Å². The fourth-order valence-electron chi connectivity index (χ4n) is 6.02. The highest BCUT2D eigenvalue weighted by atomic mass is 16.2. The minimum Gasteiger partial charge on any atom is -0.335 e. The van der Waals surface area contributed by atoms with Crippen molar-refractivity contribution in [1.29, 1.82) is 0 Å². The Balaban J connectivity index is 1.13. The molecule has 0 radical (unpaired) electrons. The third kappa shape index (κ3) is 3.63. The molecule has 0 N–H and O–H groups in total. The summed E-state index contributed by atoms with van der Waals surface area (Å²) in [6.45, 7) is 3.83. The zero-order valence-corrected chi connectivity index (χ0v) is 18.4. The fourth-order valence-corrected chi connectivity index (χ4v) is 6.02. The van der Waals surface area contributed by atoms with Gasteiger partial charge in [-0.05, 0) is 64.6 Å². The summed E-state index contributed by atoms with van der Waals surface area (Å²) in [5.41, 5.74) is 8.25. The zero-order chi connectivity index (χ0) is 21.5. The van der Waals surface area contributed by atoms with E-state index in [9.17, 15) is 4.79 Å². The quantitative estimate of drug-likeness (QED) is 0.479. The van der Waals surface area contributed by atoms with Crippen LogP contribution in [0.5, 0.6) is 0 Å². The highest BCUT2D eigenvalue weighted by Gasteiger charge is 2.39. The van der Waals surface area contributed by atoms with E-state index in [1.807, 2.05) is 12.3 Å². The molecule has 0 saturated carbocycles. The molecule has 2 aliphatic heterocycles. The van der Waals surface area contributed by atoms with Crippen LogP contribution in [-0.2, 0) is 24.3 Å². The van der Waals surface area contributed by atoms with Gasteiger partial charge in [-0.2, -0.15) is 0 Å². The Morgan fingerprint density at radius 3 is 2.72 bits per heavy atom. The SMILES string of the molecule is O=C1CC[C@@H]2CN(Cc3ccc4c(c3)Cc3ccccc3-4)CC[C@@H]2N1Cc1cccnc1. The molecule has 2 saturated heterocycles. The molecule has 1 aliphatic carbocycles. The van der Waals surface area contributed by atoms with Crippen LogP contribution in [0.25, 0.3) is 11.1 Å². The normalized spacial score (nSPS) is 22.4. The molecule has 2 atom stereocenters. The summed E-state index contributed by atoms with van der Waals surface area (Å²) in [7, 11) is 0. The van der Waals surface area contributed by atoms with Crippen molar-refractivity contribution >= 4 is 5.91 Å². The minimum atomic E-state index is 0.307. The summed E-state index contributed by atoms with van der Waals surface area (Å²) < 4.78 is 0. The van der Waals surface area contributed by atoms with Crippen molar-refractivity contribution in [3.05, 3.63) is 89.2 Å². The number of hydrogen-bond donors (Lipinski definition) is 0. The predicted octanol–water partition coefficient (Wildman–Crippen LogP) is 4.67. The average Bonchev–Trinajstić information content (AvgIpc) is 3.19. The lowest BCUT2D eigenvalue weighted by Crippen LogP contribution is -2.55. The molecular weight excluding hydrogens is 394 g/mol. The number of benzene rings is 2. The van der Waals surface area contributed by atoms with Crippen LogP contribution in [0.3, 0.4) is 0 Å². The zero-order valence-electron chi connectivity index (χ0n) is 18.4. The topological polar surface area (TPSA) is 36.4 Å². The molecule has 3 aliphatic rings. The lowest BCUT2D eigenvalue weighted by molar-refractivity contribution is -0.142. The van der Waals surface area contributed by atoms with Crippen LogP contribution in [0.1, 0.15) is 41.5 Å². The van der Waals surface area contributed by atoms with Crippen molar-refractivity contribution < 1.29 is 4.79 Å². The van der Waals surface area contributed by atoms with Gasteiger partial charge < -0.3 is 4.90 Å². The molecule has 0 bridgehead atoms. The highest BCUT2D eigenvalue weighted by molar-refractivity contribution is 5.78. The second-order valence-corrected chi connectivity index (χ2v) is 9.60. The maximum absolute atomic E-state index is 12.7. The molecule has 4 heteroatoms. The smallest absolute Gasteiger partial charge is 0.223 e. The van der Waals surface area contributed by atoms with Crippen LogP contribution in [0.15, 0.2) is 67.0 Å². The van der Waals surface area contributed by atoms with E-state index in [0.29, 0.717) is 30.8 Å². The number of pyridine rings is 1. The van der Waals surface area contributed by atoms with Crippen molar-refractivity contribution in [3.8, 4) is 11.1 Å². The number of aromatic nitrogens is 1. The summed E-state index contributed by atoms with van der Waals surface area (Å²) >= 11 is 0. The molecular formula is C28H29N3O. The van der Waals surface area contributed by atoms with Crippen LogP contribution in [-0.4, -0.2) is 39.8 Å². The summed E-state index contributed by atoms with van der Waals surface area (Å²) in [6.07, 6.45) is 7.48. The van der Waals surface area contributed by atoms with E-state index in [4.69, 9.17) is 0 Å². The number of carbonyl (C=O) groups is 1. The van der Waals surface area contributed by atoms with Gasteiger partial charge in [0, 0.05) is 51.0 Å². The minimum absolute atomic E-state index is 0.307. The number of nitrogens with zero attached hydrogens (tertiary/aromatic N) is 3. The molecule has 1 amide bonds. The Morgan fingerprint density at radius 2 is 1.81 bits per heavy atom. The van der Waals surface area contributed by atoms with E-state index in [-0.39, 0.29) is 0 Å².